The van der Waals surface area contributed by atoms with Crippen LogP contribution in [0.4, 0.5) is 5.69 Å². The molecule has 1 fully saturated rings. The number of likely N-dealkylation sites (N-methyl/N-ethyl adjacent to an activating group) is 1. The van der Waals surface area contributed by atoms with Crippen molar-refractivity contribution in [3.63, 3.8) is 0 Å². The molecule has 150 valence electrons. The summed E-state index contributed by atoms with van der Waals surface area (Å²) >= 11 is 0. The Morgan fingerprint density at radius 3 is 2.68 bits per heavy atom. The van der Waals surface area contributed by atoms with Gasteiger partial charge in [-0.15, -0.1) is 0 Å². The second kappa shape index (κ2) is 8.43. The molecule has 0 bridgehead atoms. The van der Waals surface area contributed by atoms with Crippen LogP contribution in [0.25, 0.3) is 0 Å². The number of ether oxygens (including phenoxy) is 1. The second-order valence-corrected chi connectivity index (χ2v) is 7.34. The van der Waals surface area contributed by atoms with Crippen molar-refractivity contribution < 1.29 is 14.3 Å². The number of rotatable bonds is 9. The molecular weight excluding hydrogens is 358 g/mol. The Balaban J connectivity index is 1.43. The molecule has 28 heavy (non-hydrogen) atoms. The number of carbonyl (C=O) groups is 2. The number of carbonyl (C=O) groups excluding carboxylic acids is 2. The molecule has 0 atom stereocenters. The van der Waals surface area contributed by atoms with E-state index in [1.54, 1.807) is 18.1 Å². The lowest BCUT2D eigenvalue weighted by molar-refractivity contribution is -0.131. The van der Waals surface area contributed by atoms with E-state index in [0.717, 1.165) is 18.6 Å². The van der Waals surface area contributed by atoms with Crippen LogP contribution in [-0.4, -0.2) is 53.2 Å². The fraction of sp³-hybridized carbons (Fsp3) is 0.450. The van der Waals surface area contributed by atoms with Gasteiger partial charge in [0, 0.05) is 19.8 Å². The molecule has 1 aliphatic rings. The fourth-order valence-corrected chi connectivity index (χ4v) is 2.77. The Labute approximate surface area is 164 Å². The Kier molecular flexibility index (Phi) is 5.99. The zero-order chi connectivity index (χ0) is 20.1. The molecule has 3 N–H and O–H groups in total. The van der Waals surface area contributed by atoms with Crippen LogP contribution in [0.3, 0.4) is 0 Å². The lowest BCUT2D eigenvalue weighted by Gasteiger charge is -2.17. The molecule has 0 spiro atoms. The second-order valence-electron chi connectivity index (χ2n) is 7.34. The molecular formula is C20H27N5O3. The molecule has 0 unspecified atom stereocenters. The molecule has 1 aromatic carbocycles. The largest absolute Gasteiger partial charge is 0.492 e. The third kappa shape index (κ3) is 4.89. The van der Waals surface area contributed by atoms with E-state index in [2.05, 4.69) is 10.4 Å². The number of aromatic nitrogens is 2. The van der Waals surface area contributed by atoms with E-state index in [1.807, 2.05) is 31.2 Å². The van der Waals surface area contributed by atoms with Gasteiger partial charge in [-0.05, 0) is 31.9 Å². The summed E-state index contributed by atoms with van der Waals surface area (Å²) in [5.74, 6) is 0.616. The predicted octanol–water partition coefficient (Wildman–Crippen LogP) is 1.41. The summed E-state index contributed by atoms with van der Waals surface area (Å²) in [7, 11) is 1.73. The SMILES string of the molecule is Cc1ccc(OCCN(C)C(=O)Cn2cc(NC(=O)C3(CN)CC3)cn2)cc1. The van der Waals surface area contributed by atoms with Gasteiger partial charge in [-0.3, -0.25) is 14.3 Å². The molecule has 3 rings (SSSR count). The van der Waals surface area contributed by atoms with Crippen LogP contribution in [-0.2, 0) is 16.1 Å². The first-order chi connectivity index (χ1) is 13.4. The van der Waals surface area contributed by atoms with Crippen LogP contribution in [0.5, 0.6) is 5.75 Å². The van der Waals surface area contributed by atoms with Gasteiger partial charge >= 0.3 is 0 Å². The zero-order valence-corrected chi connectivity index (χ0v) is 16.4. The van der Waals surface area contributed by atoms with Crippen LogP contribution in [0.2, 0.25) is 0 Å². The van der Waals surface area contributed by atoms with Crippen molar-refractivity contribution in [2.75, 3.05) is 32.1 Å². The minimum atomic E-state index is -0.421. The number of nitrogens with two attached hydrogens (primary N) is 1. The number of aryl methyl sites for hydroxylation is 1. The molecule has 1 saturated carbocycles. The number of hydrogen-bond acceptors (Lipinski definition) is 5. The van der Waals surface area contributed by atoms with Crippen LogP contribution in [0.15, 0.2) is 36.7 Å². The molecule has 1 aliphatic carbocycles. The highest BCUT2D eigenvalue weighted by molar-refractivity contribution is 5.97. The Morgan fingerprint density at radius 2 is 2.04 bits per heavy atom. The van der Waals surface area contributed by atoms with Crippen molar-refractivity contribution in [1.82, 2.24) is 14.7 Å². The standard InChI is InChI=1S/C20H27N5O3/c1-15-3-5-17(6-4-15)28-10-9-24(2)18(26)13-25-12-16(11-22-25)23-19(27)20(14-21)7-8-20/h3-6,11-12H,7-10,13-14,21H2,1-2H3,(H,23,27). The maximum absolute atomic E-state index is 12.4. The van der Waals surface area contributed by atoms with E-state index in [0.29, 0.717) is 25.4 Å². The smallest absolute Gasteiger partial charge is 0.244 e. The van der Waals surface area contributed by atoms with Crippen LogP contribution < -0.4 is 15.8 Å². The quantitative estimate of drug-likeness (QED) is 0.679. The third-order valence-electron chi connectivity index (χ3n) is 5.06. The number of hydrogen-bond donors (Lipinski definition) is 2. The average molecular weight is 385 g/mol. The Morgan fingerprint density at radius 1 is 1.32 bits per heavy atom. The summed E-state index contributed by atoms with van der Waals surface area (Å²) < 4.78 is 7.17. The molecule has 1 heterocycles. The number of nitrogens with zero attached hydrogens (tertiary/aromatic N) is 3. The lowest BCUT2D eigenvalue weighted by atomic mass is 10.1. The van der Waals surface area contributed by atoms with Gasteiger partial charge in [0.15, 0.2) is 0 Å². The molecule has 0 radical (unpaired) electrons. The molecule has 0 saturated heterocycles. The summed E-state index contributed by atoms with van der Waals surface area (Å²) in [4.78, 5) is 26.2. The van der Waals surface area contributed by atoms with Gasteiger partial charge in [-0.1, -0.05) is 17.7 Å². The van der Waals surface area contributed by atoms with Crippen LogP contribution >= 0.6 is 0 Å². The summed E-state index contributed by atoms with van der Waals surface area (Å²) in [5, 5.41) is 6.98. The predicted molar refractivity (Wildman–Crippen MR) is 106 cm³/mol. The molecule has 8 heteroatoms. The van der Waals surface area contributed by atoms with Gasteiger partial charge in [-0.2, -0.15) is 5.10 Å². The maximum atomic E-state index is 12.4. The highest BCUT2D eigenvalue weighted by atomic mass is 16.5. The first kappa shape index (κ1) is 19.9. The summed E-state index contributed by atoms with van der Waals surface area (Å²) in [5.41, 5.74) is 6.99. The number of anilines is 1. The van der Waals surface area contributed by atoms with E-state index >= 15 is 0 Å². The van der Waals surface area contributed by atoms with E-state index < -0.39 is 5.41 Å². The van der Waals surface area contributed by atoms with Crippen molar-refractivity contribution in [2.45, 2.75) is 26.3 Å². The first-order valence-electron chi connectivity index (χ1n) is 9.39. The van der Waals surface area contributed by atoms with Crippen molar-refractivity contribution in [1.29, 1.82) is 0 Å². The van der Waals surface area contributed by atoms with E-state index in [4.69, 9.17) is 10.5 Å². The molecule has 1 aromatic heterocycles. The summed E-state index contributed by atoms with van der Waals surface area (Å²) in [6, 6.07) is 7.79. The average Bonchev–Trinajstić information content (AvgIpc) is 3.38. The highest BCUT2D eigenvalue weighted by Crippen LogP contribution is 2.45. The first-order valence-corrected chi connectivity index (χ1v) is 9.39. The van der Waals surface area contributed by atoms with Crippen LogP contribution in [0.1, 0.15) is 18.4 Å². The normalized spacial score (nSPS) is 14.4. The zero-order valence-electron chi connectivity index (χ0n) is 16.4. The van der Waals surface area contributed by atoms with Crippen molar-refractivity contribution in [3.05, 3.63) is 42.2 Å². The fourth-order valence-electron chi connectivity index (χ4n) is 2.77. The molecule has 2 amide bonds. The third-order valence-corrected chi connectivity index (χ3v) is 5.06. The van der Waals surface area contributed by atoms with Gasteiger partial charge in [0.05, 0.1) is 23.8 Å². The topological polar surface area (TPSA) is 102 Å². The van der Waals surface area contributed by atoms with E-state index in [9.17, 15) is 9.59 Å². The minimum Gasteiger partial charge on any atom is -0.492 e. The monoisotopic (exact) mass is 385 g/mol. The van der Waals surface area contributed by atoms with Crippen LogP contribution in [0, 0.1) is 12.3 Å². The van der Waals surface area contributed by atoms with Gasteiger partial charge < -0.3 is 20.7 Å². The van der Waals surface area contributed by atoms with Gasteiger partial charge in [0.2, 0.25) is 11.8 Å². The molecule has 0 aliphatic heterocycles. The van der Waals surface area contributed by atoms with Crippen molar-refractivity contribution >= 4 is 17.5 Å². The molecule has 2 aromatic rings. The number of amides is 2. The summed E-state index contributed by atoms with van der Waals surface area (Å²) in [6.45, 7) is 3.34. The Hall–Kier alpha value is -2.87. The Bertz CT molecular complexity index is 827. The highest BCUT2D eigenvalue weighted by Gasteiger charge is 2.48. The van der Waals surface area contributed by atoms with E-state index in [1.165, 1.54) is 16.4 Å². The summed E-state index contributed by atoms with van der Waals surface area (Å²) in [6.07, 6.45) is 4.83. The number of benzene rings is 1. The van der Waals surface area contributed by atoms with Gasteiger partial charge in [0.1, 0.15) is 18.9 Å². The van der Waals surface area contributed by atoms with Crippen molar-refractivity contribution in [3.8, 4) is 5.75 Å². The van der Waals surface area contributed by atoms with Crippen molar-refractivity contribution in [2.24, 2.45) is 11.1 Å². The molecule has 8 nitrogen and oxygen atoms in total. The van der Waals surface area contributed by atoms with Gasteiger partial charge in [0.25, 0.3) is 0 Å². The lowest BCUT2D eigenvalue weighted by Crippen LogP contribution is -2.33. The minimum absolute atomic E-state index is 0.0775. The van der Waals surface area contributed by atoms with Gasteiger partial charge in [-0.25, -0.2) is 0 Å². The van der Waals surface area contributed by atoms with E-state index in [-0.39, 0.29) is 18.4 Å². The number of nitrogens with one attached hydrogen (secondary N) is 1. The maximum Gasteiger partial charge on any atom is 0.244 e.